The monoisotopic (exact) mass is 221 g/mol. The second-order valence-corrected chi connectivity index (χ2v) is 3.62. The summed E-state index contributed by atoms with van der Waals surface area (Å²) in [4.78, 5) is 20.8. The van der Waals surface area contributed by atoms with Gasteiger partial charge >= 0.3 is 0 Å². The Hall–Kier alpha value is -1.91. The first kappa shape index (κ1) is 12.2. The van der Waals surface area contributed by atoms with Gasteiger partial charge in [-0.3, -0.25) is 4.79 Å². The van der Waals surface area contributed by atoms with Crippen molar-refractivity contribution >= 4 is 17.1 Å². The van der Waals surface area contributed by atoms with E-state index >= 15 is 0 Å². The van der Waals surface area contributed by atoms with E-state index in [1.165, 1.54) is 5.56 Å². The highest BCUT2D eigenvalue weighted by molar-refractivity contribution is 5.74. The minimum Gasteiger partial charge on any atom is -0.481 e. The summed E-state index contributed by atoms with van der Waals surface area (Å²) < 4.78 is 0. The van der Waals surface area contributed by atoms with Crippen LogP contribution in [0.25, 0.3) is 11.2 Å². The number of carbonyl (C=O) groups is 1. The van der Waals surface area contributed by atoms with E-state index in [2.05, 4.69) is 27.9 Å². The van der Waals surface area contributed by atoms with Crippen molar-refractivity contribution < 1.29 is 9.90 Å². The van der Waals surface area contributed by atoms with Gasteiger partial charge in [0.25, 0.3) is 5.97 Å². The molecule has 0 amide bonds. The molecule has 2 heterocycles. The van der Waals surface area contributed by atoms with Crippen molar-refractivity contribution in [2.45, 2.75) is 27.7 Å². The predicted octanol–water partition coefficient (Wildman–Crippen LogP) is 1.97. The molecule has 0 saturated heterocycles. The van der Waals surface area contributed by atoms with Crippen molar-refractivity contribution in [3.8, 4) is 0 Å². The quantitative estimate of drug-likeness (QED) is 0.712. The lowest BCUT2D eigenvalue weighted by molar-refractivity contribution is -0.134. The second-order valence-electron chi connectivity index (χ2n) is 3.62. The van der Waals surface area contributed by atoms with E-state index in [4.69, 9.17) is 9.90 Å². The summed E-state index contributed by atoms with van der Waals surface area (Å²) in [6.07, 6.45) is 0. The summed E-state index contributed by atoms with van der Waals surface area (Å²) in [5.41, 5.74) is 4.10. The molecule has 0 aliphatic heterocycles. The zero-order valence-electron chi connectivity index (χ0n) is 9.83. The maximum Gasteiger partial charge on any atom is 0.300 e. The third-order valence-electron chi connectivity index (χ3n) is 1.91. The zero-order valence-corrected chi connectivity index (χ0v) is 9.83. The first-order valence-corrected chi connectivity index (χ1v) is 4.90. The van der Waals surface area contributed by atoms with Crippen LogP contribution in [-0.4, -0.2) is 26.0 Å². The van der Waals surface area contributed by atoms with Gasteiger partial charge in [0.05, 0.1) is 5.52 Å². The van der Waals surface area contributed by atoms with Crippen LogP contribution in [0.2, 0.25) is 0 Å². The molecule has 16 heavy (non-hydrogen) atoms. The van der Waals surface area contributed by atoms with Gasteiger partial charge in [-0.05, 0) is 32.4 Å². The lowest BCUT2D eigenvalue weighted by Gasteiger charge is -1.95. The molecule has 0 aromatic carbocycles. The van der Waals surface area contributed by atoms with E-state index in [0.29, 0.717) is 0 Å². The van der Waals surface area contributed by atoms with Crippen molar-refractivity contribution in [1.82, 2.24) is 15.0 Å². The van der Waals surface area contributed by atoms with E-state index in [-0.39, 0.29) is 0 Å². The van der Waals surface area contributed by atoms with Gasteiger partial charge in [-0.25, -0.2) is 9.97 Å². The maximum absolute atomic E-state index is 9.00. The van der Waals surface area contributed by atoms with Gasteiger partial charge in [0.2, 0.25) is 0 Å². The van der Waals surface area contributed by atoms with Gasteiger partial charge in [-0.2, -0.15) is 0 Å². The largest absolute Gasteiger partial charge is 0.481 e. The van der Waals surface area contributed by atoms with Gasteiger partial charge < -0.3 is 10.1 Å². The summed E-state index contributed by atoms with van der Waals surface area (Å²) in [7, 11) is 0. The normalized spacial score (nSPS) is 9.75. The fourth-order valence-electron chi connectivity index (χ4n) is 1.42. The van der Waals surface area contributed by atoms with Crippen LogP contribution in [0.5, 0.6) is 0 Å². The number of pyridine rings is 1. The Morgan fingerprint density at radius 2 is 1.88 bits per heavy atom. The molecule has 0 unspecified atom stereocenters. The first-order chi connectivity index (χ1) is 7.40. The number of nitrogens with zero attached hydrogens (tertiary/aromatic N) is 2. The number of imidazole rings is 1. The molecule has 2 aromatic rings. The number of aromatic amines is 1. The average molecular weight is 221 g/mol. The van der Waals surface area contributed by atoms with E-state index in [0.717, 1.165) is 29.6 Å². The van der Waals surface area contributed by atoms with Crippen molar-refractivity contribution in [2.24, 2.45) is 0 Å². The molecule has 0 saturated carbocycles. The Morgan fingerprint density at radius 3 is 2.44 bits per heavy atom. The summed E-state index contributed by atoms with van der Waals surface area (Å²) in [5.74, 6) is 0.0891. The smallest absolute Gasteiger partial charge is 0.300 e. The number of aryl methyl sites for hydroxylation is 3. The average Bonchev–Trinajstić information content (AvgIpc) is 2.44. The van der Waals surface area contributed by atoms with Crippen LogP contribution in [-0.2, 0) is 4.79 Å². The van der Waals surface area contributed by atoms with E-state index in [9.17, 15) is 0 Å². The van der Waals surface area contributed by atoms with Gasteiger partial charge in [0, 0.05) is 12.6 Å². The number of hydrogen-bond acceptors (Lipinski definition) is 3. The molecule has 0 radical (unpaired) electrons. The van der Waals surface area contributed by atoms with Crippen molar-refractivity contribution in [1.29, 1.82) is 0 Å². The Bertz CT molecular complexity index is 513. The van der Waals surface area contributed by atoms with Crippen LogP contribution in [0.3, 0.4) is 0 Å². The van der Waals surface area contributed by atoms with Crippen LogP contribution in [0.4, 0.5) is 0 Å². The van der Waals surface area contributed by atoms with Gasteiger partial charge in [0.1, 0.15) is 5.82 Å². The molecule has 5 nitrogen and oxygen atoms in total. The number of nitrogens with one attached hydrogen (secondary N) is 1. The maximum atomic E-state index is 9.00. The Kier molecular flexibility index (Phi) is 3.60. The number of hydrogen-bond donors (Lipinski definition) is 2. The number of fused-ring (bicyclic) bond motifs is 1. The van der Waals surface area contributed by atoms with Gasteiger partial charge in [0.15, 0.2) is 5.65 Å². The molecule has 0 fully saturated rings. The van der Waals surface area contributed by atoms with E-state index in [1.54, 1.807) is 0 Å². The third kappa shape index (κ3) is 3.05. The fraction of sp³-hybridized carbons (Fsp3) is 0.364. The van der Waals surface area contributed by atoms with Crippen molar-refractivity contribution in [2.75, 3.05) is 0 Å². The first-order valence-electron chi connectivity index (χ1n) is 4.90. The Labute approximate surface area is 93.5 Å². The van der Waals surface area contributed by atoms with Crippen molar-refractivity contribution in [3.05, 3.63) is 23.1 Å². The van der Waals surface area contributed by atoms with E-state index < -0.39 is 5.97 Å². The second kappa shape index (κ2) is 4.74. The lowest BCUT2D eigenvalue weighted by Crippen LogP contribution is -1.85. The summed E-state index contributed by atoms with van der Waals surface area (Å²) in [6, 6.07) is 2.06. The molecule has 5 heteroatoms. The van der Waals surface area contributed by atoms with Crippen LogP contribution >= 0.6 is 0 Å². The molecule has 0 bridgehead atoms. The molecular formula is C11H15N3O2. The number of rotatable bonds is 0. The van der Waals surface area contributed by atoms with Crippen LogP contribution in [0, 0.1) is 20.8 Å². The SMILES string of the molecule is CC(=O)O.Cc1cc(C)c2[nH]c(C)nc2n1. The third-order valence-corrected chi connectivity index (χ3v) is 1.91. The Balaban J connectivity index is 0.000000280. The number of H-pyrrole nitrogens is 1. The Morgan fingerprint density at radius 1 is 1.31 bits per heavy atom. The summed E-state index contributed by atoms with van der Waals surface area (Å²) in [6.45, 7) is 7.07. The topological polar surface area (TPSA) is 78.9 Å². The number of carboxylic acid groups (broad SMARTS) is 1. The molecule has 86 valence electrons. The summed E-state index contributed by atoms with van der Waals surface area (Å²) >= 11 is 0. The predicted molar refractivity (Wildman–Crippen MR) is 61.4 cm³/mol. The molecule has 2 aromatic heterocycles. The number of aliphatic carboxylic acids is 1. The summed E-state index contributed by atoms with van der Waals surface area (Å²) in [5, 5.41) is 7.42. The van der Waals surface area contributed by atoms with Gasteiger partial charge in [-0.15, -0.1) is 0 Å². The molecule has 0 aliphatic rings. The molecule has 2 rings (SSSR count). The molecular weight excluding hydrogens is 206 g/mol. The minimum absolute atomic E-state index is 0.824. The minimum atomic E-state index is -0.833. The highest BCUT2D eigenvalue weighted by atomic mass is 16.4. The highest BCUT2D eigenvalue weighted by Crippen LogP contribution is 2.14. The molecule has 0 spiro atoms. The van der Waals surface area contributed by atoms with Crippen LogP contribution < -0.4 is 0 Å². The van der Waals surface area contributed by atoms with Gasteiger partial charge in [-0.1, -0.05) is 0 Å². The highest BCUT2D eigenvalue weighted by Gasteiger charge is 2.03. The number of carboxylic acids is 1. The van der Waals surface area contributed by atoms with Crippen LogP contribution in [0.15, 0.2) is 6.07 Å². The zero-order chi connectivity index (χ0) is 12.3. The fourth-order valence-corrected chi connectivity index (χ4v) is 1.42. The number of aromatic nitrogens is 3. The van der Waals surface area contributed by atoms with E-state index in [1.807, 2.05) is 13.8 Å². The lowest BCUT2D eigenvalue weighted by atomic mass is 10.2. The van der Waals surface area contributed by atoms with Crippen LogP contribution in [0.1, 0.15) is 24.0 Å². The molecule has 0 atom stereocenters. The molecule has 0 aliphatic carbocycles. The standard InChI is InChI=1S/C9H11N3.C2H4O2/c1-5-4-6(2)10-9-8(5)11-7(3)12-9;1-2(3)4/h4H,1-3H3,(H,10,11,12);1H3,(H,3,4). The van der Waals surface area contributed by atoms with Crippen molar-refractivity contribution in [3.63, 3.8) is 0 Å². The molecule has 2 N–H and O–H groups in total.